The number of benzene rings is 4. The van der Waals surface area contributed by atoms with Gasteiger partial charge in [0, 0.05) is 30.3 Å². The van der Waals surface area contributed by atoms with Crippen molar-refractivity contribution in [3.63, 3.8) is 0 Å². The predicted octanol–water partition coefficient (Wildman–Crippen LogP) is 6.00. The van der Waals surface area contributed by atoms with Crippen LogP contribution in [0.4, 0.5) is 16.3 Å². The number of nitrogens with two attached hydrogens (primary N) is 2. The van der Waals surface area contributed by atoms with Gasteiger partial charge in [0.1, 0.15) is 19.9 Å². The van der Waals surface area contributed by atoms with Gasteiger partial charge in [0.15, 0.2) is 0 Å². The molecule has 1 saturated heterocycles. The Morgan fingerprint density at radius 2 is 1.20 bits per heavy atom. The van der Waals surface area contributed by atoms with Crippen LogP contribution in [0, 0.1) is 0 Å². The van der Waals surface area contributed by atoms with Gasteiger partial charge in [-0.15, -0.1) is 0 Å². The zero-order chi connectivity index (χ0) is 39.0. The summed E-state index contributed by atoms with van der Waals surface area (Å²) in [5.74, 6) is 0.860. The highest BCUT2D eigenvalue weighted by molar-refractivity contribution is 5.96. The number of halogens is 1. The van der Waals surface area contributed by atoms with Crippen LogP contribution in [0.3, 0.4) is 0 Å². The molecule has 56 heavy (non-hydrogen) atoms. The molecule has 4 aromatic carbocycles. The molecule has 2 aromatic heterocycles. The van der Waals surface area contributed by atoms with E-state index in [1.165, 1.54) is 6.42 Å². The number of nitrogen functional groups attached to an aromatic ring is 2. The van der Waals surface area contributed by atoms with E-state index in [0.717, 1.165) is 61.0 Å². The van der Waals surface area contributed by atoms with Crippen LogP contribution in [0.25, 0.3) is 44.1 Å². The zero-order valence-electron chi connectivity index (χ0n) is 30.8. The number of nitrogens with one attached hydrogen (secondary N) is 1. The average molecular weight is 759 g/mol. The first-order chi connectivity index (χ1) is 27.3. The van der Waals surface area contributed by atoms with Gasteiger partial charge in [-0.2, -0.15) is 9.97 Å². The third-order valence-corrected chi connectivity index (χ3v) is 9.50. The van der Waals surface area contributed by atoms with Crippen LogP contribution in [0.1, 0.15) is 52.8 Å². The predicted molar refractivity (Wildman–Crippen MR) is 213 cm³/mol. The van der Waals surface area contributed by atoms with Gasteiger partial charge in [0.2, 0.25) is 23.7 Å². The fourth-order valence-corrected chi connectivity index (χ4v) is 6.49. The Kier molecular flexibility index (Phi) is 11.8. The molecule has 6 N–H and O–H groups in total. The summed E-state index contributed by atoms with van der Waals surface area (Å²) in [5.41, 5.74) is 17.9. The number of aromatic nitrogens is 4. The van der Waals surface area contributed by atoms with Crippen molar-refractivity contribution in [1.29, 1.82) is 0 Å². The van der Waals surface area contributed by atoms with Crippen LogP contribution >= 0.6 is 0 Å². The van der Waals surface area contributed by atoms with Gasteiger partial charge >= 0.3 is 0 Å². The number of carbonyl (C=O) groups is 2. The first kappa shape index (κ1) is 37.9. The van der Waals surface area contributed by atoms with Crippen molar-refractivity contribution >= 4 is 45.5 Å². The highest BCUT2D eigenvalue weighted by Gasteiger charge is 2.24. The number of rotatable bonds is 11. The molecule has 2 fully saturated rings. The summed E-state index contributed by atoms with van der Waals surface area (Å²) in [6, 6.07) is 26.7. The van der Waals surface area contributed by atoms with Crippen molar-refractivity contribution < 1.29 is 28.6 Å². The lowest BCUT2D eigenvalue weighted by Crippen LogP contribution is -2.35. The van der Waals surface area contributed by atoms with Gasteiger partial charge in [-0.05, 0) is 103 Å². The third kappa shape index (κ3) is 9.09. The lowest BCUT2D eigenvalue weighted by Gasteiger charge is -2.26. The number of aliphatic hydroxyl groups excluding tert-OH is 1. The van der Waals surface area contributed by atoms with Crippen molar-refractivity contribution in [3.8, 4) is 34.0 Å². The van der Waals surface area contributed by atoms with Crippen LogP contribution in [-0.4, -0.2) is 87.4 Å². The van der Waals surface area contributed by atoms with E-state index in [2.05, 4.69) is 25.3 Å². The summed E-state index contributed by atoms with van der Waals surface area (Å²) in [6.07, 6.45) is 5.46. The molecule has 13 nitrogen and oxygen atoms in total. The molecule has 2 aliphatic rings. The molecule has 1 aliphatic carbocycles. The Labute approximate surface area is 322 Å². The number of nitrogens with zero attached hydrogens (tertiary/aromatic N) is 5. The fourth-order valence-electron chi connectivity index (χ4n) is 6.49. The van der Waals surface area contributed by atoms with Gasteiger partial charge in [-0.25, -0.2) is 14.4 Å². The molecule has 0 bridgehead atoms. The number of aliphatic hydroxyl groups is 1. The van der Waals surface area contributed by atoms with E-state index < -0.39 is 6.67 Å². The molecule has 1 aliphatic heterocycles. The number of amides is 2. The molecule has 2 amide bonds. The van der Waals surface area contributed by atoms with E-state index in [1.807, 2.05) is 89.8 Å². The Morgan fingerprint density at radius 3 is 1.70 bits per heavy atom. The second-order valence-electron chi connectivity index (χ2n) is 13.6. The molecule has 3 heterocycles. The molecule has 0 atom stereocenters. The van der Waals surface area contributed by atoms with E-state index in [1.54, 1.807) is 0 Å². The van der Waals surface area contributed by atoms with Crippen molar-refractivity contribution in [2.24, 2.45) is 0 Å². The number of anilines is 2. The summed E-state index contributed by atoms with van der Waals surface area (Å²) >= 11 is 0. The van der Waals surface area contributed by atoms with Crippen molar-refractivity contribution in [3.05, 3.63) is 96.1 Å². The Balaban J connectivity index is 0.000000172. The topological polar surface area (TPSA) is 192 Å². The number of carbonyl (C=O) groups excluding carboxylic acids is 2. The van der Waals surface area contributed by atoms with Crippen LogP contribution in [-0.2, 0) is 0 Å². The maximum absolute atomic E-state index is 12.6. The summed E-state index contributed by atoms with van der Waals surface area (Å²) in [6.45, 7) is 0.961. The molecular weight excluding hydrogens is 716 g/mol. The van der Waals surface area contributed by atoms with Crippen molar-refractivity contribution in [2.75, 3.05) is 51.1 Å². The first-order valence-corrected chi connectivity index (χ1v) is 18.7. The normalized spacial score (nSPS) is 13.9. The quantitative estimate of drug-likeness (QED) is 0.121. The maximum atomic E-state index is 12.6. The number of hydrogen-bond donors (Lipinski definition) is 4. The molecule has 288 valence electrons. The van der Waals surface area contributed by atoms with Crippen LogP contribution < -0.4 is 26.3 Å². The number of fused-ring (bicyclic) bond motifs is 2. The minimum Gasteiger partial charge on any atom is -0.475 e. The molecular formula is C42H43FN8O5. The van der Waals surface area contributed by atoms with Gasteiger partial charge in [-0.3, -0.25) is 9.59 Å². The van der Waals surface area contributed by atoms with Crippen LogP contribution in [0.15, 0.2) is 84.9 Å². The van der Waals surface area contributed by atoms with Crippen LogP contribution in [0.5, 0.6) is 11.8 Å². The molecule has 6 aromatic rings. The second-order valence-corrected chi connectivity index (χ2v) is 13.6. The van der Waals surface area contributed by atoms with E-state index in [0.29, 0.717) is 44.9 Å². The van der Waals surface area contributed by atoms with Crippen molar-refractivity contribution in [2.45, 2.75) is 38.1 Å². The van der Waals surface area contributed by atoms with Gasteiger partial charge < -0.3 is 36.3 Å². The summed E-state index contributed by atoms with van der Waals surface area (Å²) in [7, 11) is 0. The number of ether oxygens (including phenoxy) is 2. The molecule has 1 saturated carbocycles. The molecule has 8 rings (SSSR count). The monoisotopic (exact) mass is 758 g/mol. The smallest absolute Gasteiger partial charge is 0.253 e. The fraction of sp³-hybridized carbons (Fsp3) is 0.286. The highest BCUT2D eigenvalue weighted by Crippen LogP contribution is 2.31. The number of likely N-dealkylation sites (tertiary alicyclic amines) is 1. The highest BCUT2D eigenvalue weighted by atomic mass is 19.1. The summed E-state index contributed by atoms with van der Waals surface area (Å²) in [5, 5.41) is 13.4. The van der Waals surface area contributed by atoms with Crippen LogP contribution in [0.2, 0.25) is 0 Å². The van der Waals surface area contributed by atoms with E-state index >= 15 is 0 Å². The molecule has 0 unspecified atom stereocenters. The van der Waals surface area contributed by atoms with E-state index in [4.69, 9.17) is 26.0 Å². The SMILES string of the molecule is Nc1nc(OCCF)c2cc(-c3ccc(C(=O)N4CCCCC4)cc3)ccc2n1.Nc1nc(OCCO)c2cc(-c3ccc(C(=O)NC4CC4)cc3)ccc2n1. The Morgan fingerprint density at radius 1 is 0.696 bits per heavy atom. The minimum atomic E-state index is -0.613. The first-order valence-electron chi connectivity index (χ1n) is 18.7. The standard InChI is InChI=1S/C22H23FN4O2.C20H20N4O3/c23-10-13-29-20-18-14-17(8-9-19(18)25-22(24)26-20)15-4-6-16(7-5-15)21(28)27-11-2-1-3-12-27;21-20-23-17-8-5-14(11-16(17)19(24-20)27-10-9-25)12-1-3-13(4-2-12)18(26)22-15-6-7-15/h4-9,14H,1-3,10-13H2,(H2,24,25,26);1-5,8,11,15,25H,6-7,9-10H2,(H,22,26)(H2,21,23,24). The van der Waals surface area contributed by atoms with Gasteiger partial charge in [-0.1, -0.05) is 36.4 Å². The summed E-state index contributed by atoms with van der Waals surface area (Å²) < 4.78 is 23.4. The Bertz CT molecular complexity index is 2330. The third-order valence-electron chi connectivity index (χ3n) is 9.50. The second kappa shape index (κ2) is 17.4. The van der Waals surface area contributed by atoms with E-state index in [9.17, 15) is 14.0 Å². The van der Waals surface area contributed by atoms with Gasteiger partial charge in [0.05, 0.1) is 28.4 Å². The van der Waals surface area contributed by atoms with E-state index in [-0.39, 0.29) is 49.4 Å². The van der Waals surface area contributed by atoms with Gasteiger partial charge in [0.25, 0.3) is 11.8 Å². The molecule has 0 spiro atoms. The number of piperidine rings is 1. The lowest BCUT2D eigenvalue weighted by molar-refractivity contribution is 0.0724. The van der Waals surface area contributed by atoms with Crippen molar-refractivity contribution in [1.82, 2.24) is 30.2 Å². The lowest BCUT2D eigenvalue weighted by atomic mass is 10.0. The zero-order valence-corrected chi connectivity index (χ0v) is 30.8. The Hall–Kier alpha value is -6.41. The average Bonchev–Trinajstić information content (AvgIpc) is 4.06. The molecule has 14 heteroatoms. The number of hydrogen-bond acceptors (Lipinski definition) is 11. The number of alkyl halides is 1. The molecule has 0 radical (unpaired) electrons. The maximum Gasteiger partial charge on any atom is 0.253 e. The largest absolute Gasteiger partial charge is 0.475 e. The summed E-state index contributed by atoms with van der Waals surface area (Å²) in [4.78, 5) is 43.3. The minimum absolute atomic E-state index is 0.0360.